The van der Waals surface area contributed by atoms with Gasteiger partial charge >= 0.3 is 6.18 Å². The van der Waals surface area contributed by atoms with Crippen molar-refractivity contribution in [3.05, 3.63) is 47.8 Å². The number of alkyl halides is 3. The van der Waals surface area contributed by atoms with Crippen LogP contribution in [0.15, 0.2) is 41.5 Å². The van der Waals surface area contributed by atoms with E-state index in [9.17, 15) is 41.9 Å². The van der Waals surface area contributed by atoms with Gasteiger partial charge in [-0.2, -0.15) is 13.2 Å². The second kappa shape index (κ2) is 21.8. The average molecular weight is 764 g/mol. The number of aromatic nitrogens is 3. The number of hydrogen-bond acceptors (Lipinski definition) is 9. The molecule has 3 rings (SSSR count). The summed E-state index contributed by atoms with van der Waals surface area (Å²) in [7, 11) is 0. The highest BCUT2D eigenvalue weighted by molar-refractivity contribution is 5.98. The summed E-state index contributed by atoms with van der Waals surface area (Å²) in [6.07, 6.45) is -2.09. The molecule has 5 amide bonds. The molecule has 17 nitrogen and oxygen atoms in total. The molecule has 1 aromatic heterocycles. The Balaban J connectivity index is 1.84. The minimum Gasteiger partial charge on any atom is -0.370 e. The normalized spacial score (nSPS) is 19.8. The first kappa shape index (κ1) is 42.8. The number of nitrogens with zero attached hydrogens (tertiary/aromatic N) is 4. The molecule has 2 bridgehead atoms. The van der Waals surface area contributed by atoms with Crippen molar-refractivity contribution in [1.29, 1.82) is 0 Å². The van der Waals surface area contributed by atoms with Gasteiger partial charge in [-0.05, 0) is 76.3 Å². The van der Waals surface area contributed by atoms with Gasteiger partial charge in [0.2, 0.25) is 17.7 Å². The van der Waals surface area contributed by atoms with Gasteiger partial charge in [0, 0.05) is 38.2 Å². The Kier molecular flexibility index (Phi) is 17.3. The maximum absolute atomic E-state index is 13.8. The lowest BCUT2D eigenvalue weighted by Gasteiger charge is -2.25. The van der Waals surface area contributed by atoms with Crippen molar-refractivity contribution in [3.8, 4) is 0 Å². The Bertz CT molecular complexity index is 1600. The highest BCUT2D eigenvalue weighted by atomic mass is 19.4. The number of ketones is 1. The van der Waals surface area contributed by atoms with E-state index in [1.807, 2.05) is 0 Å². The van der Waals surface area contributed by atoms with E-state index in [1.54, 1.807) is 30.3 Å². The smallest absolute Gasteiger partial charge is 0.370 e. The van der Waals surface area contributed by atoms with E-state index < -0.39 is 47.8 Å². The summed E-state index contributed by atoms with van der Waals surface area (Å²) in [5, 5.41) is 20.6. The Hall–Kier alpha value is -5.56. The molecule has 54 heavy (non-hydrogen) atoms. The number of carbonyl (C=O) groups excluding carboxylic acids is 6. The Labute approximate surface area is 310 Å². The van der Waals surface area contributed by atoms with Crippen LogP contribution in [0.4, 0.5) is 13.2 Å². The lowest BCUT2D eigenvalue weighted by molar-refractivity contribution is -0.174. The fourth-order valence-electron chi connectivity index (χ4n) is 5.51. The maximum Gasteiger partial charge on any atom is 0.452 e. The minimum absolute atomic E-state index is 0.0170. The number of benzene rings is 1. The van der Waals surface area contributed by atoms with Gasteiger partial charge in [-0.3, -0.25) is 38.4 Å². The third kappa shape index (κ3) is 15.2. The van der Waals surface area contributed by atoms with Crippen LogP contribution in [0.25, 0.3) is 0 Å². The zero-order chi connectivity index (χ0) is 39.5. The van der Waals surface area contributed by atoms with Crippen LogP contribution in [-0.2, 0) is 25.7 Å². The molecule has 0 saturated heterocycles. The molecule has 1 aliphatic heterocycles. The Morgan fingerprint density at radius 1 is 0.907 bits per heavy atom. The van der Waals surface area contributed by atoms with Crippen molar-refractivity contribution in [3.63, 3.8) is 0 Å². The number of nitrogens with one attached hydrogen (secondary N) is 5. The number of rotatable bonds is 11. The fraction of sp³-hybridized carbons (Fsp3) is 0.559. The summed E-state index contributed by atoms with van der Waals surface area (Å²) in [4.78, 5) is 81.4. The summed E-state index contributed by atoms with van der Waals surface area (Å²) >= 11 is 0. The number of unbranched alkanes of at least 4 members (excludes halogenated alkanes) is 1. The topological polar surface area (TPSA) is 258 Å². The summed E-state index contributed by atoms with van der Waals surface area (Å²) in [5.41, 5.74) is 11.1. The third-order valence-corrected chi connectivity index (χ3v) is 8.41. The Morgan fingerprint density at radius 2 is 1.61 bits per heavy atom. The van der Waals surface area contributed by atoms with Gasteiger partial charge in [0.1, 0.15) is 12.1 Å². The quantitative estimate of drug-likeness (QED) is 0.0953. The van der Waals surface area contributed by atoms with Crippen molar-refractivity contribution < 1.29 is 41.9 Å². The molecular weight excluding hydrogens is 715 g/mol. The predicted molar refractivity (Wildman–Crippen MR) is 189 cm³/mol. The van der Waals surface area contributed by atoms with E-state index in [0.717, 1.165) is 0 Å². The summed E-state index contributed by atoms with van der Waals surface area (Å²) < 4.78 is 42.2. The molecule has 20 heteroatoms. The van der Waals surface area contributed by atoms with Crippen LogP contribution in [0, 0.1) is 0 Å². The first-order valence-electron chi connectivity index (χ1n) is 17.8. The molecule has 1 aromatic carbocycles. The molecule has 0 fully saturated rings. The number of carbonyl (C=O) groups is 6. The van der Waals surface area contributed by atoms with Gasteiger partial charge in [-0.15, -0.1) is 5.10 Å². The van der Waals surface area contributed by atoms with Crippen molar-refractivity contribution >= 4 is 41.3 Å². The van der Waals surface area contributed by atoms with Crippen molar-refractivity contribution in [2.24, 2.45) is 16.5 Å². The summed E-state index contributed by atoms with van der Waals surface area (Å²) in [6.45, 7) is 0.753. The van der Waals surface area contributed by atoms with E-state index in [-0.39, 0.29) is 88.0 Å². The lowest BCUT2D eigenvalue weighted by Crippen LogP contribution is -2.56. The number of aliphatic imine (C=N–C) groups is 1. The zero-order valence-electron chi connectivity index (χ0n) is 29.8. The first-order chi connectivity index (χ1) is 25.7. The van der Waals surface area contributed by atoms with Crippen LogP contribution in [0.2, 0.25) is 0 Å². The molecule has 3 atom stereocenters. The van der Waals surface area contributed by atoms with Crippen LogP contribution in [0.5, 0.6) is 0 Å². The number of fused-ring (bicyclic) bond motifs is 2. The monoisotopic (exact) mass is 763 g/mol. The van der Waals surface area contributed by atoms with Crippen LogP contribution in [-0.4, -0.2) is 100 Å². The molecule has 0 radical (unpaired) electrons. The van der Waals surface area contributed by atoms with E-state index in [1.165, 1.54) is 10.9 Å². The minimum atomic E-state index is -5.26. The van der Waals surface area contributed by atoms with Crippen molar-refractivity contribution in [1.82, 2.24) is 41.6 Å². The SMILES string of the molecule is NC(N)=NCCC[C@@H]1NC(=O)[C@H](CCCCNC(=O)c2ccccc2)NC(=O)c2cn(nn2)CCCCC(=O)NCCCC[C@@H](C(=O)C(F)(F)F)NC1=O. The van der Waals surface area contributed by atoms with Crippen LogP contribution in [0.1, 0.15) is 91.5 Å². The standard InChI is InChI=1S/C34H48F3N11O6/c35-34(36,37)28(50)23-13-4-7-17-40-27(49)16-6-9-20-48-21-26(46-47-48)32(54)45-24(14-5-8-18-41-29(51)22-11-2-1-3-12-22)31(53)44-25(30(52)43-23)15-10-19-42-33(38)39/h1-3,11-12,21,23-25H,4-10,13-20H2,(H,40,49)(H,41,51)(H,43,52)(H,44,53)(H,45,54)(H4,38,39,42)/t23-,24-,25-/m0/s1. The van der Waals surface area contributed by atoms with E-state index >= 15 is 0 Å². The number of nitrogens with two attached hydrogens (primary N) is 2. The molecule has 2 aromatic rings. The molecule has 0 aliphatic carbocycles. The number of guanidine groups is 1. The second-order valence-corrected chi connectivity index (χ2v) is 12.7. The first-order valence-corrected chi connectivity index (χ1v) is 17.8. The van der Waals surface area contributed by atoms with Gasteiger partial charge in [-0.1, -0.05) is 23.4 Å². The van der Waals surface area contributed by atoms with Gasteiger partial charge in [0.15, 0.2) is 11.7 Å². The highest BCUT2D eigenvalue weighted by Gasteiger charge is 2.44. The summed E-state index contributed by atoms with van der Waals surface area (Å²) in [5.74, 6) is -5.62. The van der Waals surface area contributed by atoms with Gasteiger partial charge in [0.05, 0.1) is 12.2 Å². The number of amides is 5. The van der Waals surface area contributed by atoms with Crippen molar-refractivity contribution in [2.75, 3.05) is 19.6 Å². The lowest BCUT2D eigenvalue weighted by atomic mass is 10.0. The number of aryl methyl sites for hydroxylation is 1. The molecular formula is C34H48F3N11O6. The molecule has 9 N–H and O–H groups in total. The molecule has 0 saturated carbocycles. The van der Waals surface area contributed by atoms with E-state index in [2.05, 4.69) is 41.9 Å². The van der Waals surface area contributed by atoms with Gasteiger partial charge in [0.25, 0.3) is 17.6 Å². The number of halogens is 3. The Morgan fingerprint density at radius 3 is 2.33 bits per heavy atom. The van der Waals surface area contributed by atoms with Gasteiger partial charge in [-0.25, -0.2) is 0 Å². The van der Waals surface area contributed by atoms with Crippen LogP contribution >= 0.6 is 0 Å². The third-order valence-electron chi connectivity index (χ3n) is 8.41. The highest BCUT2D eigenvalue weighted by Crippen LogP contribution is 2.21. The summed E-state index contributed by atoms with van der Waals surface area (Å²) in [6, 6.07) is 3.85. The maximum atomic E-state index is 13.8. The molecule has 2 heterocycles. The molecule has 296 valence electrons. The largest absolute Gasteiger partial charge is 0.452 e. The van der Waals surface area contributed by atoms with Crippen molar-refractivity contribution in [2.45, 2.75) is 101 Å². The molecule has 1 aliphatic rings. The number of Topliss-reactive ketones (excluding diaryl/α,β-unsaturated/α-hetero) is 1. The average Bonchev–Trinajstić information content (AvgIpc) is 3.61. The number of hydrogen-bond donors (Lipinski definition) is 7. The van der Waals surface area contributed by atoms with E-state index in [0.29, 0.717) is 37.8 Å². The van der Waals surface area contributed by atoms with E-state index in [4.69, 9.17) is 11.5 Å². The predicted octanol–water partition coefficient (Wildman–Crippen LogP) is 0.602. The molecule has 0 unspecified atom stereocenters. The second-order valence-electron chi connectivity index (χ2n) is 12.7. The van der Waals surface area contributed by atoms with Crippen LogP contribution in [0.3, 0.4) is 0 Å². The van der Waals surface area contributed by atoms with Gasteiger partial charge < -0.3 is 38.1 Å². The zero-order valence-corrected chi connectivity index (χ0v) is 29.8. The molecule has 0 spiro atoms. The van der Waals surface area contributed by atoms with Crippen LogP contribution < -0.4 is 38.1 Å². The fourth-order valence-corrected chi connectivity index (χ4v) is 5.51.